The molecule has 5 unspecified atom stereocenters. The van der Waals surface area contributed by atoms with Crippen molar-refractivity contribution in [2.45, 2.75) is 37.8 Å². The number of fused-ring (bicyclic) bond motifs is 2. The van der Waals surface area contributed by atoms with E-state index in [0.717, 1.165) is 24.8 Å². The van der Waals surface area contributed by atoms with Crippen molar-refractivity contribution in [3.63, 3.8) is 0 Å². The van der Waals surface area contributed by atoms with Gasteiger partial charge in [0.05, 0.1) is 18.1 Å². The number of amides is 1. The maximum atomic E-state index is 12.7. The lowest BCUT2D eigenvalue weighted by Crippen LogP contribution is -2.53. The van der Waals surface area contributed by atoms with Crippen molar-refractivity contribution in [2.24, 2.45) is 23.5 Å². The van der Waals surface area contributed by atoms with Gasteiger partial charge in [-0.1, -0.05) is 30.3 Å². The molecule has 1 aromatic carbocycles. The highest BCUT2D eigenvalue weighted by Gasteiger charge is 2.50. The van der Waals surface area contributed by atoms with Crippen LogP contribution in [0, 0.1) is 17.8 Å². The highest BCUT2D eigenvalue weighted by atomic mass is 16.3. The van der Waals surface area contributed by atoms with Crippen LogP contribution in [0.2, 0.25) is 0 Å². The van der Waals surface area contributed by atoms with E-state index in [-0.39, 0.29) is 24.5 Å². The summed E-state index contributed by atoms with van der Waals surface area (Å²) in [6, 6.07) is 9.59. The van der Waals surface area contributed by atoms with E-state index in [1.165, 1.54) is 0 Å². The summed E-state index contributed by atoms with van der Waals surface area (Å²) in [5.41, 5.74) is 6.41. The van der Waals surface area contributed by atoms with Crippen LogP contribution in [0.3, 0.4) is 0 Å². The van der Waals surface area contributed by atoms with Crippen molar-refractivity contribution < 1.29 is 9.90 Å². The van der Waals surface area contributed by atoms with Crippen molar-refractivity contribution in [3.8, 4) is 0 Å². The molecule has 0 heterocycles. The van der Waals surface area contributed by atoms with Crippen LogP contribution in [0.15, 0.2) is 30.3 Å². The van der Waals surface area contributed by atoms with Gasteiger partial charge in [0.1, 0.15) is 0 Å². The number of hydrogen-bond acceptors (Lipinski definition) is 3. The Morgan fingerprint density at radius 2 is 2.00 bits per heavy atom. The predicted octanol–water partition coefficient (Wildman–Crippen LogP) is 1.38. The van der Waals surface area contributed by atoms with E-state index in [1.54, 1.807) is 0 Å². The first-order valence-corrected chi connectivity index (χ1v) is 7.79. The highest BCUT2D eigenvalue weighted by Crippen LogP contribution is 2.47. The van der Waals surface area contributed by atoms with Crippen LogP contribution in [-0.2, 0) is 10.3 Å². The second-order valence-corrected chi connectivity index (χ2v) is 6.78. The molecule has 1 aromatic rings. The standard InChI is InChI=1S/C17H24N2O2/c1-17(10-20,13-5-3-2-4-6-13)19-16(21)14-11-7-8-12(9-11)15(14)18/h2-6,11-12,14-15,20H,7-10,18H2,1H3,(H,19,21). The summed E-state index contributed by atoms with van der Waals surface area (Å²) < 4.78 is 0. The zero-order valence-electron chi connectivity index (χ0n) is 12.5. The number of aliphatic hydroxyl groups excluding tert-OH is 1. The normalized spacial score (nSPS) is 33.7. The minimum atomic E-state index is -0.750. The molecule has 2 aliphatic carbocycles. The Balaban J connectivity index is 1.77. The summed E-state index contributed by atoms with van der Waals surface area (Å²) in [6.45, 7) is 1.73. The van der Waals surface area contributed by atoms with E-state index in [4.69, 9.17) is 5.73 Å². The summed E-state index contributed by atoms with van der Waals surface area (Å²) in [5, 5.41) is 12.8. The number of nitrogens with two attached hydrogens (primary N) is 1. The second-order valence-electron chi connectivity index (χ2n) is 6.78. The molecule has 3 rings (SSSR count). The van der Waals surface area contributed by atoms with Gasteiger partial charge in [-0.15, -0.1) is 0 Å². The molecule has 0 radical (unpaired) electrons. The number of carbonyl (C=O) groups is 1. The summed E-state index contributed by atoms with van der Waals surface area (Å²) >= 11 is 0. The predicted molar refractivity (Wildman–Crippen MR) is 81.3 cm³/mol. The SMILES string of the molecule is CC(CO)(NC(=O)C1C2CCC(C2)C1N)c1ccccc1. The summed E-state index contributed by atoms with van der Waals surface area (Å²) in [5.74, 6) is 0.819. The molecule has 2 bridgehead atoms. The van der Waals surface area contributed by atoms with Gasteiger partial charge in [-0.2, -0.15) is 0 Å². The summed E-state index contributed by atoms with van der Waals surface area (Å²) in [6.07, 6.45) is 3.35. The minimum absolute atomic E-state index is 0.00453. The number of nitrogens with one attached hydrogen (secondary N) is 1. The van der Waals surface area contributed by atoms with E-state index in [0.29, 0.717) is 11.8 Å². The lowest BCUT2D eigenvalue weighted by atomic mass is 9.83. The first-order chi connectivity index (χ1) is 10.0. The summed E-state index contributed by atoms with van der Waals surface area (Å²) in [7, 11) is 0. The second kappa shape index (κ2) is 5.43. The van der Waals surface area contributed by atoms with E-state index in [2.05, 4.69) is 5.32 Å². The molecule has 0 saturated heterocycles. The van der Waals surface area contributed by atoms with Gasteiger partial charge in [0.2, 0.25) is 5.91 Å². The minimum Gasteiger partial charge on any atom is -0.394 e. The lowest BCUT2D eigenvalue weighted by molar-refractivity contribution is -0.129. The largest absolute Gasteiger partial charge is 0.394 e. The van der Waals surface area contributed by atoms with Gasteiger partial charge in [0, 0.05) is 6.04 Å². The molecule has 2 saturated carbocycles. The monoisotopic (exact) mass is 288 g/mol. The Bertz CT molecular complexity index is 517. The zero-order chi connectivity index (χ0) is 15.0. The van der Waals surface area contributed by atoms with Gasteiger partial charge in [0.25, 0.3) is 0 Å². The molecule has 21 heavy (non-hydrogen) atoms. The fourth-order valence-electron chi connectivity index (χ4n) is 4.09. The molecule has 4 nitrogen and oxygen atoms in total. The van der Waals surface area contributed by atoms with Crippen LogP contribution in [0.1, 0.15) is 31.7 Å². The molecule has 0 aromatic heterocycles. The highest BCUT2D eigenvalue weighted by molar-refractivity contribution is 5.81. The fraction of sp³-hybridized carbons (Fsp3) is 0.588. The fourth-order valence-corrected chi connectivity index (χ4v) is 4.09. The van der Waals surface area contributed by atoms with Gasteiger partial charge >= 0.3 is 0 Å². The zero-order valence-corrected chi connectivity index (χ0v) is 12.5. The third-order valence-corrected chi connectivity index (χ3v) is 5.41. The van der Waals surface area contributed by atoms with Crippen molar-refractivity contribution in [2.75, 3.05) is 6.61 Å². The van der Waals surface area contributed by atoms with Crippen molar-refractivity contribution in [1.82, 2.24) is 5.32 Å². The van der Waals surface area contributed by atoms with Crippen LogP contribution in [0.5, 0.6) is 0 Å². The Morgan fingerprint density at radius 3 is 2.57 bits per heavy atom. The molecule has 1 amide bonds. The Kier molecular flexibility index (Phi) is 3.76. The molecule has 5 atom stereocenters. The van der Waals surface area contributed by atoms with Gasteiger partial charge in [0.15, 0.2) is 0 Å². The Hall–Kier alpha value is -1.39. The molecule has 0 aliphatic heterocycles. The number of aliphatic hydroxyl groups is 1. The first kappa shape index (κ1) is 14.5. The maximum Gasteiger partial charge on any atom is 0.225 e. The molecule has 114 valence electrons. The van der Waals surface area contributed by atoms with Gasteiger partial charge in [-0.3, -0.25) is 4.79 Å². The van der Waals surface area contributed by atoms with Gasteiger partial charge < -0.3 is 16.2 Å². The Morgan fingerprint density at radius 1 is 1.33 bits per heavy atom. The number of benzene rings is 1. The molecule has 2 aliphatic rings. The third-order valence-electron chi connectivity index (χ3n) is 5.41. The molecule has 0 spiro atoms. The lowest BCUT2D eigenvalue weighted by Gasteiger charge is -2.34. The summed E-state index contributed by atoms with van der Waals surface area (Å²) in [4.78, 5) is 12.7. The van der Waals surface area contributed by atoms with Crippen LogP contribution in [0.4, 0.5) is 0 Å². The van der Waals surface area contributed by atoms with Crippen molar-refractivity contribution in [1.29, 1.82) is 0 Å². The van der Waals surface area contributed by atoms with E-state index in [1.807, 2.05) is 37.3 Å². The van der Waals surface area contributed by atoms with Gasteiger partial charge in [-0.05, 0) is 43.6 Å². The van der Waals surface area contributed by atoms with Crippen molar-refractivity contribution >= 4 is 5.91 Å². The number of hydrogen-bond donors (Lipinski definition) is 3. The first-order valence-electron chi connectivity index (χ1n) is 7.79. The quantitative estimate of drug-likeness (QED) is 0.783. The molecule has 4 heteroatoms. The third kappa shape index (κ3) is 2.47. The molecule has 4 N–H and O–H groups in total. The molecular weight excluding hydrogens is 264 g/mol. The topological polar surface area (TPSA) is 75.3 Å². The molecular formula is C17H24N2O2. The number of rotatable bonds is 4. The van der Waals surface area contributed by atoms with Crippen LogP contribution in [-0.4, -0.2) is 23.7 Å². The number of carbonyl (C=O) groups excluding carboxylic acids is 1. The average molecular weight is 288 g/mol. The Labute approximate surface area is 125 Å². The molecule has 2 fully saturated rings. The maximum absolute atomic E-state index is 12.7. The van der Waals surface area contributed by atoms with E-state index >= 15 is 0 Å². The van der Waals surface area contributed by atoms with Crippen molar-refractivity contribution in [3.05, 3.63) is 35.9 Å². The smallest absolute Gasteiger partial charge is 0.225 e. The van der Waals surface area contributed by atoms with E-state index < -0.39 is 5.54 Å². The van der Waals surface area contributed by atoms with Crippen LogP contribution < -0.4 is 11.1 Å². The van der Waals surface area contributed by atoms with E-state index in [9.17, 15) is 9.90 Å². The average Bonchev–Trinajstić information content (AvgIpc) is 3.08. The van der Waals surface area contributed by atoms with Gasteiger partial charge in [-0.25, -0.2) is 0 Å². The van der Waals surface area contributed by atoms with Crippen LogP contribution in [0.25, 0.3) is 0 Å². The van der Waals surface area contributed by atoms with Crippen LogP contribution >= 0.6 is 0 Å².